The Labute approximate surface area is 139 Å². The summed E-state index contributed by atoms with van der Waals surface area (Å²) in [6, 6.07) is 12.7. The van der Waals surface area contributed by atoms with Crippen LogP contribution in [0, 0.1) is 5.82 Å². The maximum Gasteiger partial charge on any atom is 0.426 e. The van der Waals surface area contributed by atoms with Crippen molar-refractivity contribution < 1.29 is 13.9 Å². The highest BCUT2D eigenvalue weighted by Crippen LogP contribution is 2.30. The highest BCUT2D eigenvalue weighted by molar-refractivity contribution is 6.33. The summed E-state index contributed by atoms with van der Waals surface area (Å²) in [6.45, 7) is 5.30. The predicted octanol–water partition coefficient (Wildman–Crippen LogP) is 5.06. The van der Waals surface area contributed by atoms with E-state index in [0.717, 1.165) is 0 Å². The maximum atomic E-state index is 13.2. The minimum absolute atomic E-state index is 0.370. The summed E-state index contributed by atoms with van der Waals surface area (Å²) < 4.78 is 18.4. The van der Waals surface area contributed by atoms with Gasteiger partial charge in [0.1, 0.15) is 11.4 Å². The quantitative estimate of drug-likeness (QED) is 0.797. The minimum atomic E-state index is -0.640. The first-order chi connectivity index (χ1) is 10.8. The van der Waals surface area contributed by atoms with Gasteiger partial charge in [0.05, 0.1) is 16.4 Å². The van der Waals surface area contributed by atoms with Gasteiger partial charge < -0.3 is 4.74 Å². The molecule has 1 N–H and O–H groups in total. The van der Waals surface area contributed by atoms with Crippen LogP contribution in [0.2, 0.25) is 5.02 Å². The van der Waals surface area contributed by atoms with E-state index in [0.29, 0.717) is 16.4 Å². The molecule has 0 bridgehead atoms. The Hall–Kier alpha value is -2.27. The average Bonchev–Trinajstić information content (AvgIpc) is 2.45. The first kappa shape index (κ1) is 17.1. The van der Waals surface area contributed by atoms with Gasteiger partial charge >= 0.3 is 6.09 Å². The standard InChI is InChI=1S/C17H18ClFN2O2/c1-17(2,3)23-16(22)20-21(13-10-8-12(19)9-11-13)15-7-5-4-6-14(15)18/h4-11H,1-3H3,(H,20,22). The molecule has 0 spiro atoms. The third-order valence-corrected chi connectivity index (χ3v) is 3.10. The van der Waals surface area contributed by atoms with Gasteiger partial charge in [-0.3, -0.25) is 0 Å². The van der Waals surface area contributed by atoms with E-state index in [2.05, 4.69) is 5.43 Å². The molecule has 4 nitrogen and oxygen atoms in total. The predicted molar refractivity (Wildman–Crippen MR) is 89.4 cm³/mol. The fraction of sp³-hybridized carbons (Fsp3) is 0.235. The largest absolute Gasteiger partial charge is 0.443 e. The fourth-order valence-electron chi connectivity index (χ4n) is 1.88. The number of hydrazine groups is 1. The SMILES string of the molecule is CC(C)(C)OC(=O)NN(c1ccc(F)cc1)c1ccccc1Cl. The highest BCUT2D eigenvalue weighted by atomic mass is 35.5. The number of carbonyl (C=O) groups is 1. The summed E-state index contributed by atoms with van der Waals surface area (Å²) in [4.78, 5) is 12.1. The van der Waals surface area contributed by atoms with Gasteiger partial charge in [-0.15, -0.1) is 0 Å². The van der Waals surface area contributed by atoms with E-state index < -0.39 is 11.7 Å². The first-order valence-electron chi connectivity index (χ1n) is 7.06. The van der Waals surface area contributed by atoms with Crippen LogP contribution in [0.25, 0.3) is 0 Å². The molecule has 2 aromatic carbocycles. The Bertz CT molecular complexity index is 684. The molecular weight excluding hydrogens is 319 g/mol. The van der Waals surface area contributed by atoms with E-state index in [1.807, 2.05) is 0 Å². The normalized spacial score (nSPS) is 11.0. The van der Waals surface area contributed by atoms with Gasteiger partial charge in [0.15, 0.2) is 0 Å². The van der Waals surface area contributed by atoms with Crippen molar-refractivity contribution >= 4 is 29.1 Å². The van der Waals surface area contributed by atoms with Crippen LogP contribution in [0.1, 0.15) is 20.8 Å². The van der Waals surface area contributed by atoms with Crippen LogP contribution in [0.5, 0.6) is 0 Å². The number of nitrogens with one attached hydrogen (secondary N) is 1. The molecule has 2 rings (SSSR count). The molecular formula is C17H18ClFN2O2. The molecule has 23 heavy (non-hydrogen) atoms. The Balaban J connectivity index is 2.34. The van der Waals surface area contributed by atoms with Crippen molar-refractivity contribution in [3.05, 3.63) is 59.4 Å². The lowest BCUT2D eigenvalue weighted by atomic mass is 10.2. The molecule has 1 amide bonds. The minimum Gasteiger partial charge on any atom is -0.443 e. The number of hydrogen-bond acceptors (Lipinski definition) is 3. The molecule has 0 aromatic heterocycles. The number of carbonyl (C=O) groups excluding carboxylic acids is 1. The van der Waals surface area contributed by atoms with Gasteiger partial charge in [0.25, 0.3) is 0 Å². The van der Waals surface area contributed by atoms with Gasteiger partial charge in [-0.25, -0.2) is 19.6 Å². The monoisotopic (exact) mass is 336 g/mol. The van der Waals surface area contributed by atoms with Crippen molar-refractivity contribution in [2.45, 2.75) is 26.4 Å². The van der Waals surface area contributed by atoms with Gasteiger partial charge in [0.2, 0.25) is 0 Å². The number of anilines is 2. The Morgan fingerprint density at radius 1 is 1.13 bits per heavy atom. The smallest absolute Gasteiger partial charge is 0.426 e. The third kappa shape index (κ3) is 4.86. The summed E-state index contributed by atoms with van der Waals surface area (Å²) >= 11 is 6.21. The van der Waals surface area contributed by atoms with Crippen LogP contribution in [0.15, 0.2) is 48.5 Å². The highest BCUT2D eigenvalue weighted by Gasteiger charge is 2.20. The van der Waals surface area contributed by atoms with Crippen LogP contribution in [-0.2, 0) is 4.74 Å². The number of amides is 1. The molecule has 6 heteroatoms. The second-order valence-electron chi connectivity index (χ2n) is 5.88. The second-order valence-corrected chi connectivity index (χ2v) is 6.28. The number of halogens is 2. The molecule has 0 aliphatic rings. The average molecular weight is 337 g/mol. The van der Waals surface area contributed by atoms with Crippen LogP contribution in [0.3, 0.4) is 0 Å². The van der Waals surface area contributed by atoms with Crippen molar-refractivity contribution in [3.63, 3.8) is 0 Å². The molecule has 0 saturated carbocycles. The molecule has 0 fully saturated rings. The van der Waals surface area contributed by atoms with Crippen molar-refractivity contribution in [3.8, 4) is 0 Å². The number of nitrogens with zero attached hydrogens (tertiary/aromatic N) is 1. The van der Waals surface area contributed by atoms with E-state index in [-0.39, 0.29) is 5.82 Å². The second kappa shape index (κ2) is 6.87. The zero-order valence-corrected chi connectivity index (χ0v) is 13.9. The van der Waals surface area contributed by atoms with E-state index in [9.17, 15) is 9.18 Å². The zero-order valence-electron chi connectivity index (χ0n) is 13.1. The summed E-state index contributed by atoms with van der Waals surface area (Å²) in [7, 11) is 0. The summed E-state index contributed by atoms with van der Waals surface area (Å²) in [5, 5.41) is 1.89. The molecule has 0 saturated heterocycles. The lowest BCUT2D eigenvalue weighted by Gasteiger charge is -2.28. The zero-order chi connectivity index (χ0) is 17.0. The van der Waals surface area contributed by atoms with E-state index in [4.69, 9.17) is 16.3 Å². The molecule has 0 atom stereocenters. The first-order valence-corrected chi connectivity index (χ1v) is 7.44. The maximum absolute atomic E-state index is 13.2. The van der Waals surface area contributed by atoms with Crippen LogP contribution in [-0.4, -0.2) is 11.7 Å². The number of ether oxygens (including phenoxy) is 1. The summed E-state index contributed by atoms with van der Waals surface area (Å²) in [5.41, 5.74) is 3.09. The Morgan fingerprint density at radius 3 is 2.30 bits per heavy atom. The van der Waals surface area contributed by atoms with Gasteiger partial charge in [-0.1, -0.05) is 23.7 Å². The Morgan fingerprint density at radius 2 is 1.74 bits per heavy atom. The third-order valence-electron chi connectivity index (χ3n) is 2.78. The summed E-state index contributed by atoms with van der Waals surface area (Å²) in [6.07, 6.45) is -0.637. The van der Waals surface area contributed by atoms with Crippen molar-refractivity contribution in [2.75, 3.05) is 5.01 Å². The van der Waals surface area contributed by atoms with Gasteiger partial charge in [-0.2, -0.15) is 0 Å². The van der Waals surface area contributed by atoms with E-state index in [1.165, 1.54) is 29.3 Å². The van der Waals surface area contributed by atoms with Crippen molar-refractivity contribution in [1.82, 2.24) is 5.43 Å². The Kier molecular flexibility index (Phi) is 5.11. The van der Waals surface area contributed by atoms with E-state index >= 15 is 0 Å². The van der Waals surface area contributed by atoms with Gasteiger partial charge in [0, 0.05) is 0 Å². The molecule has 0 aliphatic carbocycles. The van der Waals surface area contributed by atoms with E-state index in [1.54, 1.807) is 45.0 Å². The van der Waals surface area contributed by atoms with Crippen LogP contribution < -0.4 is 10.4 Å². The lowest BCUT2D eigenvalue weighted by Crippen LogP contribution is -2.42. The molecule has 0 unspecified atom stereocenters. The summed E-state index contributed by atoms with van der Waals surface area (Å²) in [5.74, 6) is -0.370. The molecule has 0 heterocycles. The molecule has 0 aliphatic heterocycles. The van der Waals surface area contributed by atoms with Gasteiger partial charge in [-0.05, 0) is 57.2 Å². The fourth-order valence-corrected chi connectivity index (χ4v) is 2.10. The molecule has 0 radical (unpaired) electrons. The molecule has 2 aromatic rings. The number of benzene rings is 2. The number of para-hydroxylation sites is 1. The topological polar surface area (TPSA) is 41.6 Å². The van der Waals surface area contributed by atoms with Crippen LogP contribution >= 0.6 is 11.6 Å². The van der Waals surface area contributed by atoms with Crippen LogP contribution in [0.4, 0.5) is 20.6 Å². The molecule has 122 valence electrons. The van der Waals surface area contributed by atoms with Crippen molar-refractivity contribution in [2.24, 2.45) is 0 Å². The van der Waals surface area contributed by atoms with Crippen molar-refractivity contribution in [1.29, 1.82) is 0 Å². The lowest BCUT2D eigenvalue weighted by molar-refractivity contribution is 0.0528. The number of rotatable bonds is 3. The number of hydrogen-bond donors (Lipinski definition) is 1.